The van der Waals surface area contributed by atoms with E-state index >= 15 is 0 Å². The van der Waals surface area contributed by atoms with Gasteiger partial charge in [-0.15, -0.1) is 22.9 Å². The lowest BCUT2D eigenvalue weighted by atomic mass is 10.4. The molecule has 0 N–H and O–H groups in total. The molecule has 0 radical (unpaired) electrons. The van der Waals surface area contributed by atoms with Gasteiger partial charge in [0, 0.05) is 22.8 Å². The second-order valence-electron chi connectivity index (χ2n) is 3.88. The molecule has 1 aliphatic rings. The standard InChI is InChI=1S/C10H14ClNO2S2/c1-8-10(6-9(7-11)15-8)16(13,14)12-4-2-3-5-12/h6H,2-5,7H2,1H3. The van der Waals surface area contributed by atoms with Crippen molar-refractivity contribution in [2.45, 2.75) is 30.5 Å². The Kier molecular flexibility index (Phi) is 3.59. The van der Waals surface area contributed by atoms with Crippen molar-refractivity contribution in [3.05, 3.63) is 15.8 Å². The summed E-state index contributed by atoms with van der Waals surface area (Å²) in [6.45, 7) is 3.13. The normalized spacial score (nSPS) is 18.1. The molecular weight excluding hydrogens is 266 g/mol. The zero-order chi connectivity index (χ0) is 11.8. The number of nitrogens with zero attached hydrogens (tertiary/aromatic N) is 1. The Balaban J connectivity index is 2.38. The van der Waals surface area contributed by atoms with Crippen molar-refractivity contribution < 1.29 is 8.42 Å². The highest BCUT2D eigenvalue weighted by Crippen LogP contribution is 2.30. The van der Waals surface area contributed by atoms with Crippen molar-refractivity contribution in [2.75, 3.05) is 13.1 Å². The molecule has 2 rings (SSSR count). The van der Waals surface area contributed by atoms with Gasteiger partial charge in [0.1, 0.15) is 0 Å². The maximum Gasteiger partial charge on any atom is 0.244 e. The van der Waals surface area contributed by atoms with Crippen LogP contribution < -0.4 is 0 Å². The van der Waals surface area contributed by atoms with Gasteiger partial charge < -0.3 is 0 Å². The van der Waals surface area contributed by atoms with Gasteiger partial charge in [-0.2, -0.15) is 4.31 Å². The molecule has 1 aromatic rings. The van der Waals surface area contributed by atoms with Crippen LogP contribution >= 0.6 is 22.9 Å². The monoisotopic (exact) mass is 279 g/mol. The van der Waals surface area contributed by atoms with E-state index in [2.05, 4.69) is 0 Å². The highest BCUT2D eigenvalue weighted by Gasteiger charge is 2.29. The van der Waals surface area contributed by atoms with Gasteiger partial charge in [0.15, 0.2) is 0 Å². The van der Waals surface area contributed by atoms with E-state index in [9.17, 15) is 8.42 Å². The smallest absolute Gasteiger partial charge is 0.207 e. The van der Waals surface area contributed by atoms with Crippen LogP contribution in [0, 0.1) is 6.92 Å². The Labute approximate surface area is 105 Å². The largest absolute Gasteiger partial charge is 0.244 e. The number of alkyl halides is 1. The van der Waals surface area contributed by atoms with E-state index in [4.69, 9.17) is 11.6 Å². The average Bonchev–Trinajstić information content (AvgIpc) is 2.85. The molecular formula is C10H14ClNO2S2. The number of halogens is 1. The molecule has 1 aromatic heterocycles. The summed E-state index contributed by atoms with van der Waals surface area (Å²) in [5.41, 5.74) is 0. The van der Waals surface area contributed by atoms with Crippen LogP contribution in [0.2, 0.25) is 0 Å². The summed E-state index contributed by atoms with van der Waals surface area (Å²) < 4.78 is 26.1. The fourth-order valence-corrected chi connectivity index (χ4v) is 5.13. The van der Waals surface area contributed by atoms with Crippen molar-refractivity contribution in [3.8, 4) is 0 Å². The zero-order valence-corrected chi connectivity index (χ0v) is 11.5. The predicted octanol–water partition coefficient (Wildman–Crippen LogP) is 2.58. The highest BCUT2D eigenvalue weighted by atomic mass is 35.5. The maximum absolute atomic E-state index is 12.3. The molecule has 0 aromatic carbocycles. The van der Waals surface area contributed by atoms with Gasteiger partial charge in [-0.3, -0.25) is 0 Å². The Morgan fingerprint density at radius 1 is 1.44 bits per heavy atom. The summed E-state index contributed by atoms with van der Waals surface area (Å²) in [5, 5.41) is 0. The van der Waals surface area contributed by atoms with Crippen molar-refractivity contribution >= 4 is 33.0 Å². The Morgan fingerprint density at radius 2 is 2.06 bits per heavy atom. The lowest BCUT2D eigenvalue weighted by Crippen LogP contribution is -2.27. The SMILES string of the molecule is Cc1sc(CCl)cc1S(=O)(=O)N1CCCC1. The van der Waals surface area contributed by atoms with Gasteiger partial charge in [-0.25, -0.2) is 8.42 Å². The molecule has 0 unspecified atom stereocenters. The molecule has 2 heterocycles. The molecule has 1 fully saturated rings. The van der Waals surface area contributed by atoms with E-state index in [0.29, 0.717) is 23.9 Å². The Bertz CT molecular complexity index is 475. The molecule has 16 heavy (non-hydrogen) atoms. The van der Waals surface area contributed by atoms with Crippen molar-refractivity contribution in [2.24, 2.45) is 0 Å². The molecule has 0 saturated carbocycles. The summed E-state index contributed by atoms with van der Waals surface area (Å²) in [6, 6.07) is 1.71. The molecule has 0 atom stereocenters. The second-order valence-corrected chi connectivity index (χ2v) is 7.39. The zero-order valence-electron chi connectivity index (χ0n) is 9.07. The number of rotatable bonds is 3. The molecule has 0 spiro atoms. The first-order chi connectivity index (χ1) is 7.55. The number of thiophene rings is 1. The van der Waals surface area contributed by atoms with Crippen LogP contribution in [0.15, 0.2) is 11.0 Å². The predicted molar refractivity (Wildman–Crippen MR) is 66.6 cm³/mol. The van der Waals surface area contributed by atoms with E-state index in [1.165, 1.54) is 11.3 Å². The first-order valence-electron chi connectivity index (χ1n) is 5.21. The minimum Gasteiger partial charge on any atom is -0.207 e. The molecule has 1 saturated heterocycles. The molecule has 3 nitrogen and oxygen atoms in total. The first-order valence-corrected chi connectivity index (χ1v) is 8.00. The van der Waals surface area contributed by atoms with Crippen LogP contribution in [0.5, 0.6) is 0 Å². The fourth-order valence-electron chi connectivity index (χ4n) is 1.91. The molecule has 1 aliphatic heterocycles. The summed E-state index contributed by atoms with van der Waals surface area (Å²) >= 11 is 7.19. The summed E-state index contributed by atoms with van der Waals surface area (Å²) in [6.07, 6.45) is 1.93. The Hall–Kier alpha value is -0.100. The van der Waals surface area contributed by atoms with Crippen molar-refractivity contribution in [1.82, 2.24) is 4.31 Å². The van der Waals surface area contributed by atoms with E-state index in [1.54, 1.807) is 10.4 Å². The van der Waals surface area contributed by atoms with Gasteiger partial charge in [0.25, 0.3) is 0 Å². The van der Waals surface area contributed by atoms with Crippen LogP contribution in [-0.4, -0.2) is 25.8 Å². The van der Waals surface area contributed by atoms with Crippen LogP contribution in [0.1, 0.15) is 22.6 Å². The van der Waals surface area contributed by atoms with E-state index in [1.807, 2.05) is 6.92 Å². The van der Waals surface area contributed by atoms with Crippen LogP contribution in [0.4, 0.5) is 0 Å². The van der Waals surface area contributed by atoms with Gasteiger partial charge in [-0.1, -0.05) is 0 Å². The number of aryl methyl sites for hydroxylation is 1. The number of hydrogen-bond acceptors (Lipinski definition) is 3. The molecule has 0 bridgehead atoms. The van der Waals surface area contributed by atoms with Crippen LogP contribution in [0.25, 0.3) is 0 Å². The third kappa shape index (κ3) is 2.14. The van der Waals surface area contributed by atoms with Crippen molar-refractivity contribution in [3.63, 3.8) is 0 Å². The van der Waals surface area contributed by atoms with Gasteiger partial charge >= 0.3 is 0 Å². The minimum atomic E-state index is -3.27. The number of sulfonamides is 1. The summed E-state index contributed by atoms with van der Waals surface area (Å²) in [7, 11) is -3.27. The quantitative estimate of drug-likeness (QED) is 0.798. The molecule has 0 amide bonds. The molecule has 0 aliphatic carbocycles. The van der Waals surface area contributed by atoms with E-state index < -0.39 is 10.0 Å². The lowest BCUT2D eigenvalue weighted by Gasteiger charge is -2.14. The third-order valence-electron chi connectivity index (χ3n) is 2.74. The van der Waals surface area contributed by atoms with Gasteiger partial charge in [-0.05, 0) is 25.8 Å². The summed E-state index contributed by atoms with van der Waals surface area (Å²) in [5.74, 6) is 0.376. The lowest BCUT2D eigenvalue weighted by molar-refractivity contribution is 0.477. The highest BCUT2D eigenvalue weighted by molar-refractivity contribution is 7.89. The van der Waals surface area contributed by atoms with Crippen molar-refractivity contribution in [1.29, 1.82) is 0 Å². The van der Waals surface area contributed by atoms with Crippen LogP contribution in [-0.2, 0) is 15.9 Å². The first kappa shape index (κ1) is 12.4. The average molecular weight is 280 g/mol. The fraction of sp³-hybridized carbons (Fsp3) is 0.600. The van der Waals surface area contributed by atoms with Crippen LogP contribution in [0.3, 0.4) is 0 Å². The second kappa shape index (κ2) is 4.64. The van der Waals surface area contributed by atoms with Gasteiger partial charge in [0.05, 0.1) is 10.8 Å². The van der Waals surface area contributed by atoms with Gasteiger partial charge in [0.2, 0.25) is 10.0 Å². The molecule has 6 heteroatoms. The third-order valence-corrected chi connectivity index (χ3v) is 6.39. The minimum absolute atomic E-state index is 0.376. The maximum atomic E-state index is 12.3. The summed E-state index contributed by atoms with van der Waals surface area (Å²) in [4.78, 5) is 2.19. The van der Waals surface area contributed by atoms with E-state index in [-0.39, 0.29) is 0 Å². The molecule has 90 valence electrons. The Morgan fingerprint density at radius 3 is 2.56 bits per heavy atom. The van der Waals surface area contributed by atoms with E-state index in [0.717, 1.165) is 22.6 Å². The topological polar surface area (TPSA) is 37.4 Å². The number of hydrogen-bond donors (Lipinski definition) is 0.